The van der Waals surface area contributed by atoms with Crippen molar-refractivity contribution in [1.29, 1.82) is 0 Å². The minimum atomic E-state index is -0.711. The summed E-state index contributed by atoms with van der Waals surface area (Å²) in [5, 5.41) is 9.43. The summed E-state index contributed by atoms with van der Waals surface area (Å²) in [6.07, 6.45) is 0. The number of hydrogen-bond acceptors (Lipinski definition) is 3. The van der Waals surface area contributed by atoms with E-state index in [0.29, 0.717) is 5.75 Å². The Kier molecular flexibility index (Phi) is 4.85. The number of hydrogen-bond donors (Lipinski definition) is 1. The molecule has 0 atom stereocenters. The maximum absolute atomic E-state index is 11.9. The molecule has 0 aromatic heterocycles. The molecular formula is C19H21BrO3. The van der Waals surface area contributed by atoms with Crippen molar-refractivity contribution in [2.45, 2.75) is 37.4 Å². The van der Waals surface area contributed by atoms with Gasteiger partial charge >= 0.3 is 5.97 Å². The highest BCUT2D eigenvalue weighted by molar-refractivity contribution is 9.10. The molecule has 0 bridgehead atoms. The van der Waals surface area contributed by atoms with Crippen LogP contribution in [0.4, 0.5) is 0 Å². The Hall–Kier alpha value is -1.81. The van der Waals surface area contributed by atoms with E-state index >= 15 is 0 Å². The van der Waals surface area contributed by atoms with E-state index in [1.807, 2.05) is 24.3 Å². The second kappa shape index (κ2) is 6.36. The van der Waals surface area contributed by atoms with Crippen LogP contribution < -0.4 is 4.74 Å². The van der Waals surface area contributed by atoms with Crippen molar-refractivity contribution in [2.75, 3.05) is 0 Å². The number of esters is 1. The third kappa shape index (κ3) is 4.14. The van der Waals surface area contributed by atoms with Crippen LogP contribution in [0, 0.1) is 0 Å². The molecule has 0 saturated heterocycles. The fraction of sp³-hybridized carbons (Fsp3) is 0.316. The second-order valence-electron chi connectivity index (χ2n) is 6.56. The summed E-state index contributed by atoms with van der Waals surface area (Å²) in [6.45, 7) is 7.72. The Morgan fingerprint density at radius 1 is 0.913 bits per heavy atom. The Labute approximate surface area is 145 Å². The first kappa shape index (κ1) is 17.5. The van der Waals surface area contributed by atoms with Crippen molar-refractivity contribution in [3.05, 3.63) is 59.7 Å². The first-order valence-electron chi connectivity index (χ1n) is 7.42. The number of ether oxygens (including phenoxy) is 1. The number of aromatic hydroxyl groups is 1. The van der Waals surface area contributed by atoms with E-state index in [1.165, 1.54) is 0 Å². The average Bonchev–Trinajstić information content (AvgIpc) is 2.47. The molecule has 23 heavy (non-hydrogen) atoms. The van der Waals surface area contributed by atoms with Crippen molar-refractivity contribution >= 4 is 21.9 Å². The lowest BCUT2D eigenvalue weighted by Gasteiger charge is -2.26. The zero-order valence-corrected chi connectivity index (χ0v) is 15.3. The average molecular weight is 377 g/mol. The molecule has 4 heteroatoms. The molecule has 2 rings (SSSR count). The van der Waals surface area contributed by atoms with Gasteiger partial charge in [0.1, 0.15) is 15.8 Å². The SMILES string of the molecule is CC(C)(Br)C(=O)Oc1ccc(C(C)(C)c2ccc(O)cc2)cc1. The molecule has 2 aromatic carbocycles. The maximum atomic E-state index is 11.9. The second-order valence-corrected chi connectivity index (χ2v) is 8.54. The summed E-state index contributed by atoms with van der Waals surface area (Å²) in [5.41, 5.74) is 1.98. The first-order chi connectivity index (χ1) is 10.6. The third-order valence-electron chi connectivity index (χ3n) is 3.86. The van der Waals surface area contributed by atoms with Crippen molar-refractivity contribution < 1.29 is 14.6 Å². The van der Waals surface area contributed by atoms with Crippen LogP contribution in [-0.2, 0) is 10.2 Å². The number of rotatable bonds is 4. The van der Waals surface area contributed by atoms with E-state index in [1.54, 1.807) is 38.1 Å². The third-order valence-corrected chi connectivity index (χ3v) is 4.18. The number of carbonyl (C=O) groups excluding carboxylic acids is 1. The molecule has 0 amide bonds. The monoisotopic (exact) mass is 376 g/mol. The largest absolute Gasteiger partial charge is 0.508 e. The topological polar surface area (TPSA) is 46.5 Å². The Bertz CT molecular complexity index is 680. The predicted octanol–water partition coefficient (Wildman–Crippen LogP) is 4.80. The number of benzene rings is 2. The van der Waals surface area contributed by atoms with E-state index in [0.717, 1.165) is 11.1 Å². The highest BCUT2D eigenvalue weighted by Crippen LogP contribution is 2.33. The van der Waals surface area contributed by atoms with Crippen molar-refractivity contribution in [1.82, 2.24) is 0 Å². The normalized spacial score (nSPS) is 12.0. The van der Waals surface area contributed by atoms with Crippen LogP contribution in [0.1, 0.15) is 38.8 Å². The summed E-state index contributed by atoms with van der Waals surface area (Å²) >= 11 is 3.29. The maximum Gasteiger partial charge on any atom is 0.327 e. The van der Waals surface area contributed by atoms with Gasteiger partial charge < -0.3 is 9.84 Å². The van der Waals surface area contributed by atoms with Gasteiger partial charge in [0.25, 0.3) is 0 Å². The van der Waals surface area contributed by atoms with Gasteiger partial charge in [-0.3, -0.25) is 4.79 Å². The highest BCUT2D eigenvalue weighted by atomic mass is 79.9. The number of phenolic OH excluding ortho intramolecular Hbond substituents is 1. The molecule has 3 nitrogen and oxygen atoms in total. The van der Waals surface area contributed by atoms with Gasteiger partial charge in [0.2, 0.25) is 0 Å². The van der Waals surface area contributed by atoms with Crippen LogP contribution in [-0.4, -0.2) is 15.4 Å². The molecule has 122 valence electrons. The van der Waals surface area contributed by atoms with Gasteiger partial charge in [0.05, 0.1) is 0 Å². The minimum absolute atomic E-state index is 0.217. The first-order valence-corrected chi connectivity index (χ1v) is 8.21. The highest BCUT2D eigenvalue weighted by Gasteiger charge is 2.27. The van der Waals surface area contributed by atoms with Crippen LogP contribution >= 0.6 is 15.9 Å². The van der Waals surface area contributed by atoms with E-state index < -0.39 is 4.32 Å². The molecule has 0 unspecified atom stereocenters. The number of alkyl halides is 1. The number of phenols is 1. The Balaban J connectivity index is 2.21. The zero-order valence-electron chi connectivity index (χ0n) is 13.8. The quantitative estimate of drug-likeness (QED) is 0.473. The Morgan fingerprint density at radius 3 is 1.78 bits per heavy atom. The van der Waals surface area contributed by atoms with Crippen molar-refractivity contribution in [2.24, 2.45) is 0 Å². The molecule has 1 N–H and O–H groups in total. The van der Waals surface area contributed by atoms with Crippen LogP contribution in [0.2, 0.25) is 0 Å². The molecule has 0 aliphatic rings. The molecule has 2 aromatic rings. The van der Waals surface area contributed by atoms with E-state index in [9.17, 15) is 9.90 Å². The standard InChI is InChI=1S/C19H21BrO3/c1-18(2,13-5-9-15(21)10-6-13)14-7-11-16(12-8-14)23-17(22)19(3,4)20/h5-12,21H,1-4H3. The number of carbonyl (C=O) groups is 1. The summed E-state index contributed by atoms with van der Waals surface area (Å²) in [5.74, 6) is 0.444. The molecular weight excluding hydrogens is 356 g/mol. The summed E-state index contributed by atoms with van der Waals surface area (Å²) in [4.78, 5) is 11.9. The predicted molar refractivity (Wildman–Crippen MR) is 95.3 cm³/mol. The van der Waals surface area contributed by atoms with Crippen LogP contribution in [0.3, 0.4) is 0 Å². The van der Waals surface area contributed by atoms with E-state index in [-0.39, 0.29) is 17.1 Å². The smallest absolute Gasteiger partial charge is 0.327 e. The number of halogens is 1. The summed E-state index contributed by atoms with van der Waals surface area (Å²) in [7, 11) is 0. The van der Waals surface area contributed by atoms with Gasteiger partial charge in [0, 0.05) is 5.41 Å². The van der Waals surface area contributed by atoms with Gasteiger partial charge in [-0.1, -0.05) is 54.0 Å². The van der Waals surface area contributed by atoms with Gasteiger partial charge in [-0.2, -0.15) is 0 Å². The van der Waals surface area contributed by atoms with Crippen molar-refractivity contribution in [3.63, 3.8) is 0 Å². The fourth-order valence-electron chi connectivity index (χ4n) is 2.21. The molecule has 0 radical (unpaired) electrons. The van der Waals surface area contributed by atoms with Gasteiger partial charge in [-0.05, 0) is 49.2 Å². The molecule has 0 aliphatic carbocycles. The zero-order chi connectivity index (χ0) is 17.3. The summed E-state index contributed by atoms with van der Waals surface area (Å²) < 4.78 is 4.64. The van der Waals surface area contributed by atoms with Crippen LogP contribution in [0.5, 0.6) is 11.5 Å². The molecule has 0 aliphatic heterocycles. The van der Waals surface area contributed by atoms with Crippen LogP contribution in [0.15, 0.2) is 48.5 Å². The lowest BCUT2D eigenvalue weighted by Crippen LogP contribution is -2.29. The molecule has 0 saturated carbocycles. The van der Waals surface area contributed by atoms with E-state index in [2.05, 4.69) is 29.8 Å². The molecule has 0 fully saturated rings. The minimum Gasteiger partial charge on any atom is -0.508 e. The fourth-order valence-corrected chi connectivity index (χ4v) is 2.29. The molecule has 0 spiro atoms. The van der Waals surface area contributed by atoms with Gasteiger partial charge in [-0.15, -0.1) is 0 Å². The van der Waals surface area contributed by atoms with Crippen LogP contribution in [0.25, 0.3) is 0 Å². The van der Waals surface area contributed by atoms with Gasteiger partial charge in [0.15, 0.2) is 0 Å². The lowest BCUT2D eigenvalue weighted by molar-refractivity contribution is -0.136. The van der Waals surface area contributed by atoms with Gasteiger partial charge in [-0.25, -0.2) is 0 Å². The van der Waals surface area contributed by atoms with E-state index in [4.69, 9.17) is 4.74 Å². The van der Waals surface area contributed by atoms with Crippen molar-refractivity contribution in [3.8, 4) is 11.5 Å². The lowest BCUT2D eigenvalue weighted by atomic mass is 9.78. The molecule has 0 heterocycles. The Morgan fingerprint density at radius 2 is 1.35 bits per heavy atom. The summed E-state index contributed by atoms with van der Waals surface area (Å²) in [6, 6.07) is 14.7.